The second-order valence-corrected chi connectivity index (χ2v) is 5.90. The van der Waals surface area contributed by atoms with Crippen LogP contribution < -0.4 is 5.32 Å². The third kappa shape index (κ3) is 2.96. The molecule has 0 saturated carbocycles. The fourth-order valence-corrected chi connectivity index (χ4v) is 2.72. The predicted octanol–water partition coefficient (Wildman–Crippen LogP) is 3.98. The number of aromatic nitrogens is 2. The molecule has 0 radical (unpaired) electrons. The maximum absolute atomic E-state index is 13.7. The van der Waals surface area contributed by atoms with E-state index in [4.69, 9.17) is 11.6 Å². The Bertz CT molecular complexity index is 799. The van der Waals surface area contributed by atoms with Crippen molar-refractivity contribution in [2.45, 2.75) is 0 Å². The van der Waals surface area contributed by atoms with Gasteiger partial charge in [0, 0.05) is 0 Å². The molecule has 4 nitrogen and oxygen atoms in total. The van der Waals surface area contributed by atoms with Gasteiger partial charge >= 0.3 is 0 Å². The van der Waals surface area contributed by atoms with Gasteiger partial charge in [-0.15, -0.1) is 11.3 Å². The van der Waals surface area contributed by atoms with Crippen LogP contribution in [0, 0.1) is 5.82 Å². The first kappa shape index (κ1) is 13.8. The van der Waals surface area contributed by atoms with Crippen LogP contribution in [0.1, 0.15) is 9.67 Å². The Labute approximate surface area is 128 Å². The van der Waals surface area contributed by atoms with Crippen molar-refractivity contribution in [3.8, 4) is 5.69 Å². The zero-order valence-electron chi connectivity index (χ0n) is 10.6. The smallest absolute Gasteiger partial charge is 0.265 e. The molecule has 0 aliphatic carbocycles. The molecule has 1 amide bonds. The summed E-state index contributed by atoms with van der Waals surface area (Å²) >= 11 is 6.98. The number of amides is 1. The monoisotopic (exact) mass is 321 g/mol. The van der Waals surface area contributed by atoms with E-state index in [1.807, 2.05) is 0 Å². The van der Waals surface area contributed by atoms with E-state index in [9.17, 15) is 9.18 Å². The van der Waals surface area contributed by atoms with Crippen LogP contribution in [0.3, 0.4) is 0 Å². The average Bonchev–Trinajstić information content (AvgIpc) is 3.08. The molecule has 3 rings (SSSR count). The molecule has 0 aliphatic heterocycles. The summed E-state index contributed by atoms with van der Waals surface area (Å²) in [6, 6.07) is 9.57. The summed E-state index contributed by atoms with van der Waals surface area (Å²) < 4.78 is 15.6. The molecule has 0 spiro atoms. The lowest BCUT2D eigenvalue weighted by Gasteiger charge is -2.02. The van der Waals surface area contributed by atoms with Crippen LogP contribution in [0.15, 0.2) is 48.8 Å². The van der Waals surface area contributed by atoms with Gasteiger partial charge in [-0.1, -0.05) is 23.7 Å². The standard InChI is InChI=1S/C14H9ClFN3OS/c15-13-6-5-12(21-13)14(20)18-9-7-17-19(8-9)11-4-2-1-3-10(11)16/h1-8H,(H,18,20). The second kappa shape index (κ2) is 5.67. The molecule has 0 aliphatic rings. The van der Waals surface area contributed by atoms with Crippen LogP contribution in [0.5, 0.6) is 0 Å². The Morgan fingerprint density at radius 2 is 2.10 bits per heavy atom. The van der Waals surface area contributed by atoms with Gasteiger partial charge in [0.05, 0.1) is 27.3 Å². The topological polar surface area (TPSA) is 46.9 Å². The van der Waals surface area contributed by atoms with Crippen LogP contribution in [-0.2, 0) is 0 Å². The molecule has 0 bridgehead atoms. The Morgan fingerprint density at radius 1 is 1.29 bits per heavy atom. The van der Waals surface area contributed by atoms with E-state index in [1.165, 1.54) is 28.3 Å². The summed E-state index contributed by atoms with van der Waals surface area (Å²) in [6.45, 7) is 0. The van der Waals surface area contributed by atoms with Gasteiger partial charge in [-0.25, -0.2) is 9.07 Å². The molecule has 7 heteroatoms. The quantitative estimate of drug-likeness (QED) is 0.793. The average molecular weight is 322 g/mol. The van der Waals surface area contributed by atoms with E-state index in [2.05, 4.69) is 10.4 Å². The summed E-state index contributed by atoms with van der Waals surface area (Å²) in [5.74, 6) is -0.663. The summed E-state index contributed by atoms with van der Waals surface area (Å²) in [6.07, 6.45) is 3.01. The van der Waals surface area contributed by atoms with Crippen molar-refractivity contribution in [1.82, 2.24) is 9.78 Å². The maximum Gasteiger partial charge on any atom is 0.265 e. The molecule has 0 saturated heterocycles. The number of nitrogens with one attached hydrogen (secondary N) is 1. The molecular formula is C14H9ClFN3OS. The number of nitrogens with zero attached hydrogens (tertiary/aromatic N) is 2. The minimum Gasteiger partial charge on any atom is -0.319 e. The van der Waals surface area contributed by atoms with E-state index >= 15 is 0 Å². The Balaban J connectivity index is 1.80. The molecule has 1 N–H and O–H groups in total. The minimum atomic E-state index is -0.386. The van der Waals surface area contributed by atoms with Crippen LogP contribution in [0.4, 0.5) is 10.1 Å². The van der Waals surface area contributed by atoms with E-state index in [0.717, 1.165) is 0 Å². The van der Waals surface area contributed by atoms with Gasteiger partial charge in [0.2, 0.25) is 0 Å². The van der Waals surface area contributed by atoms with Gasteiger partial charge in [0.15, 0.2) is 0 Å². The van der Waals surface area contributed by atoms with Gasteiger partial charge < -0.3 is 5.32 Å². The highest BCUT2D eigenvalue weighted by Crippen LogP contribution is 2.22. The third-order valence-electron chi connectivity index (χ3n) is 2.74. The fraction of sp³-hybridized carbons (Fsp3) is 0. The number of anilines is 1. The lowest BCUT2D eigenvalue weighted by Crippen LogP contribution is -2.09. The summed E-state index contributed by atoms with van der Waals surface area (Å²) in [5, 5.41) is 6.73. The number of halogens is 2. The molecule has 1 aromatic carbocycles. The zero-order valence-corrected chi connectivity index (χ0v) is 12.2. The lowest BCUT2D eigenvalue weighted by atomic mass is 10.3. The Hall–Kier alpha value is -2.18. The molecular weight excluding hydrogens is 313 g/mol. The summed E-state index contributed by atoms with van der Waals surface area (Å²) in [5.41, 5.74) is 0.796. The highest BCUT2D eigenvalue weighted by Gasteiger charge is 2.11. The second-order valence-electron chi connectivity index (χ2n) is 4.18. The Morgan fingerprint density at radius 3 is 2.81 bits per heavy atom. The van der Waals surface area contributed by atoms with Crippen molar-refractivity contribution in [2.24, 2.45) is 0 Å². The summed E-state index contributed by atoms with van der Waals surface area (Å²) in [7, 11) is 0. The number of hydrogen-bond acceptors (Lipinski definition) is 3. The number of rotatable bonds is 3. The van der Waals surface area contributed by atoms with E-state index in [1.54, 1.807) is 36.5 Å². The number of carbonyl (C=O) groups excluding carboxylic acids is 1. The summed E-state index contributed by atoms with van der Waals surface area (Å²) in [4.78, 5) is 12.5. The molecule has 2 heterocycles. The highest BCUT2D eigenvalue weighted by atomic mass is 35.5. The number of para-hydroxylation sites is 1. The van der Waals surface area contributed by atoms with Crippen LogP contribution in [0.2, 0.25) is 4.34 Å². The number of hydrogen-bond donors (Lipinski definition) is 1. The van der Waals surface area contributed by atoms with Crippen molar-refractivity contribution in [3.63, 3.8) is 0 Å². The van der Waals surface area contributed by atoms with Gasteiger partial charge in [-0.2, -0.15) is 5.10 Å². The molecule has 0 unspecified atom stereocenters. The van der Waals surface area contributed by atoms with Crippen molar-refractivity contribution in [1.29, 1.82) is 0 Å². The van der Waals surface area contributed by atoms with Gasteiger partial charge in [0.25, 0.3) is 5.91 Å². The maximum atomic E-state index is 13.7. The van der Waals surface area contributed by atoms with Crippen molar-refractivity contribution < 1.29 is 9.18 Å². The number of benzene rings is 1. The van der Waals surface area contributed by atoms with Crippen LogP contribution in [0.25, 0.3) is 5.69 Å². The van der Waals surface area contributed by atoms with Gasteiger partial charge in [-0.05, 0) is 24.3 Å². The van der Waals surface area contributed by atoms with Crippen molar-refractivity contribution >= 4 is 34.5 Å². The first-order valence-corrected chi connectivity index (χ1v) is 7.19. The van der Waals surface area contributed by atoms with Gasteiger partial charge in [-0.3, -0.25) is 4.79 Å². The van der Waals surface area contributed by atoms with Crippen LogP contribution in [-0.4, -0.2) is 15.7 Å². The first-order valence-electron chi connectivity index (χ1n) is 6.00. The van der Waals surface area contributed by atoms with Gasteiger partial charge in [0.1, 0.15) is 11.5 Å². The number of carbonyl (C=O) groups is 1. The zero-order chi connectivity index (χ0) is 14.8. The predicted molar refractivity (Wildman–Crippen MR) is 80.8 cm³/mol. The van der Waals surface area contributed by atoms with E-state index < -0.39 is 0 Å². The normalized spacial score (nSPS) is 10.6. The molecule has 0 fully saturated rings. The first-order chi connectivity index (χ1) is 10.1. The molecule has 21 heavy (non-hydrogen) atoms. The largest absolute Gasteiger partial charge is 0.319 e. The van der Waals surface area contributed by atoms with Crippen molar-refractivity contribution in [3.05, 3.63) is 63.8 Å². The Kier molecular flexibility index (Phi) is 3.72. The number of thiophene rings is 1. The SMILES string of the molecule is O=C(Nc1cnn(-c2ccccc2F)c1)c1ccc(Cl)s1. The van der Waals surface area contributed by atoms with Crippen LogP contribution >= 0.6 is 22.9 Å². The van der Waals surface area contributed by atoms with E-state index in [-0.39, 0.29) is 11.7 Å². The minimum absolute atomic E-state index is 0.278. The third-order valence-corrected chi connectivity index (χ3v) is 3.97. The molecule has 106 valence electrons. The molecule has 3 aromatic rings. The van der Waals surface area contributed by atoms with Crippen molar-refractivity contribution in [2.75, 3.05) is 5.32 Å². The highest BCUT2D eigenvalue weighted by molar-refractivity contribution is 7.18. The fourth-order valence-electron chi connectivity index (χ4n) is 1.79. The molecule has 2 aromatic heterocycles. The molecule has 0 atom stereocenters. The van der Waals surface area contributed by atoms with E-state index in [0.29, 0.717) is 20.6 Å². The lowest BCUT2D eigenvalue weighted by molar-refractivity contribution is 0.103.